The van der Waals surface area contributed by atoms with E-state index in [0.717, 1.165) is 22.9 Å². The summed E-state index contributed by atoms with van der Waals surface area (Å²) in [5.41, 5.74) is 1.57. The monoisotopic (exact) mass is 270 g/mol. The number of hydrogen-bond donors (Lipinski definition) is 1. The number of fused-ring (bicyclic) bond motifs is 1. The van der Waals surface area contributed by atoms with E-state index in [1.807, 2.05) is 12.1 Å². The van der Waals surface area contributed by atoms with Gasteiger partial charge >= 0.3 is 0 Å². The first-order valence-corrected chi connectivity index (χ1v) is 7.58. The molecule has 0 saturated heterocycles. The second-order valence-corrected chi connectivity index (χ2v) is 6.04. The lowest BCUT2D eigenvalue weighted by molar-refractivity contribution is 0.253. The van der Waals surface area contributed by atoms with E-state index in [9.17, 15) is 0 Å². The highest BCUT2D eigenvalue weighted by molar-refractivity contribution is 5.71. The van der Waals surface area contributed by atoms with Gasteiger partial charge in [0, 0.05) is 18.4 Å². The zero-order chi connectivity index (χ0) is 13.9. The Hall–Kier alpha value is -1.71. The Labute approximate surface area is 120 Å². The number of anilines is 1. The van der Waals surface area contributed by atoms with Crippen LogP contribution in [0.4, 0.5) is 5.82 Å². The average molecular weight is 270 g/mol. The first-order valence-electron chi connectivity index (χ1n) is 7.58. The van der Waals surface area contributed by atoms with E-state index in [-0.39, 0.29) is 0 Å². The van der Waals surface area contributed by atoms with Gasteiger partial charge < -0.3 is 5.32 Å². The lowest BCUT2D eigenvalue weighted by atomic mass is 9.78. The molecule has 0 aliphatic heterocycles. The highest BCUT2D eigenvalue weighted by Gasteiger charge is 2.27. The fourth-order valence-electron chi connectivity index (χ4n) is 3.26. The number of rotatable bonds is 3. The molecule has 1 fully saturated rings. The van der Waals surface area contributed by atoms with Crippen molar-refractivity contribution in [2.45, 2.75) is 45.6 Å². The van der Waals surface area contributed by atoms with Crippen LogP contribution in [0.5, 0.6) is 0 Å². The third-order valence-electron chi connectivity index (χ3n) is 4.34. The molecule has 0 bridgehead atoms. The standard InChI is InChI=1S/C16H22N4/c1-11(2)12-5-3-4-6-13(12)19-15-8-7-14-16(20-15)18-10-9-17-14/h7-13H,3-6H2,1-2H3,(H,18,19,20). The molecule has 0 aromatic carbocycles. The van der Waals surface area contributed by atoms with E-state index >= 15 is 0 Å². The van der Waals surface area contributed by atoms with Gasteiger partial charge in [-0.1, -0.05) is 26.7 Å². The van der Waals surface area contributed by atoms with Gasteiger partial charge in [-0.25, -0.2) is 9.97 Å². The molecule has 2 aromatic heterocycles. The lowest BCUT2D eigenvalue weighted by Crippen LogP contribution is -2.35. The van der Waals surface area contributed by atoms with Crippen LogP contribution in [0.15, 0.2) is 24.5 Å². The van der Waals surface area contributed by atoms with Gasteiger partial charge in [-0.05, 0) is 36.8 Å². The van der Waals surface area contributed by atoms with E-state index in [1.165, 1.54) is 25.7 Å². The summed E-state index contributed by atoms with van der Waals surface area (Å²) in [6, 6.07) is 4.54. The Morgan fingerprint density at radius 3 is 2.75 bits per heavy atom. The highest BCUT2D eigenvalue weighted by Crippen LogP contribution is 2.32. The summed E-state index contributed by atoms with van der Waals surface area (Å²) in [6.45, 7) is 4.65. The van der Waals surface area contributed by atoms with Crippen molar-refractivity contribution in [3.63, 3.8) is 0 Å². The molecule has 2 aromatic rings. The molecule has 20 heavy (non-hydrogen) atoms. The fourth-order valence-corrected chi connectivity index (χ4v) is 3.26. The molecule has 2 heterocycles. The Morgan fingerprint density at radius 1 is 1.10 bits per heavy atom. The summed E-state index contributed by atoms with van der Waals surface area (Å²) < 4.78 is 0. The second kappa shape index (κ2) is 5.73. The third kappa shape index (κ3) is 2.74. The van der Waals surface area contributed by atoms with Gasteiger partial charge in [0.1, 0.15) is 11.3 Å². The van der Waals surface area contributed by atoms with E-state index < -0.39 is 0 Å². The van der Waals surface area contributed by atoms with Crippen LogP contribution >= 0.6 is 0 Å². The van der Waals surface area contributed by atoms with Crippen LogP contribution in [-0.2, 0) is 0 Å². The van der Waals surface area contributed by atoms with Crippen LogP contribution in [0.3, 0.4) is 0 Å². The van der Waals surface area contributed by atoms with Crippen LogP contribution in [0.1, 0.15) is 39.5 Å². The Balaban J connectivity index is 1.80. The largest absolute Gasteiger partial charge is 0.367 e. The van der Waals surface area contributed by atoms with Gasteiger partial charge in [0.2, 0.25) is 0 Å². The predicted octanol–water partition coefficient (Wildman–Crippen LogP) is 3.65. The quantitative estimate of drug-likeness (QED) is 0.925. The molecular weight excluding hydrogens is 248 g/mol. The first-order chi connectivity index (χ1) is 9.74. The molecule has 1 aliphatic carbocycles. The maximum atomic E-state index is 4.58. The molecule has 4 heteroatoms. The van der Waals surface area contributed by atoms with Crippen molar-refractivity contribution in [1.82, 2.24) is 15.0 Å². The van der Waals surface area contributed by atoms with Gasteiger partial charge in [0.05, 0.1) is 0 Å². The molecule has 1 saturated carbocycles. The summed E-state index contributed by atoms with van der Waals surface area (Å²) in [4.78, 5) is 13.1. The molecule has 0 amide bonds. The van der Waals surface area contributed by atoms with Crippen molar-refractivity contribution in [3.8, 4) is 0 Å². The topological polar surface area (TPSA) is 50.7 Å². The van der Waals surface area contributed by atoms with Crippen LogP contribution in [0, 0.1) is 11.8 Å². The van der Waals surface area contributed by atoms with Crippen molar-refractivity contribution >= 4 is 17.0 Å². The smallest absolute Gasteiger partial charge is 0.180 e. The number of nitrogens with zero attached hydrogens (tertiary/aromatic N) is 3. The molecule has 4 nitrogen and oxygen atoms in total. The van der Waals surface area contributed by atoms with Gasteiger partial charge in [0.25, 0.3) is 0 Å². The number of hydrogen-bond acceptors (Lipinski definition) is 4. The average Bonchev–Trinajstić information content (AvgIpc) is 2.47. The van der Waals surface area contributed by atoms with Crippen LogP contribution in [-0.4, -0.2) is 21.0 Å². The molecular formula is C16H22N4. The molecule has 1 N–H and O–H groups in total. The predicted molar refractivity (Wildman–Crippen MR) is 81.5 cm³/mol. The highest BCUT2D eigenvalue weighted by atomic mass is 15.0. The van der Waals surface area contributed by atoms with Crippen molar-refractivity contribution in [2.24, 2.45) is 11.8 Å². The molecule has 1 aliphatic rings. The van der Waals surface area contributed by atoms with Crippen molar-refractivity contribution in [2.75, 3.05) is 5.32 Å². The molecule has 2 unspecified atom stereocenters. The SMILES string of the molecule is CC(C)C1CCCCC1Nc1ccc2nccnc2n1. The molecule has 0 spiro atoms. The number of nitrogens with one attached hydrogen (secondary N) is 1. The van der Waals surface area contributed by atoms with Gasteiger partial charge in [0.15, 0.2) is 5.65 Å². The van der Waals surface area contributed by atoms with Crippen molar-refractivity contribution in [1.29, 1.82) is 0 Å². The third-order valence-corrected chi connectivity index (χ3v) is 4.34. The van der Waals surface area contributed by atoms with Crippen molar-refractivity contribution < 1.29 is 0 Å². The molecule has 3 rings (SSSR count). The summed E-state index contributed by atoms with van der Waals surface area (Å²) in [7, 11) is 0. The number of aromatic nitrogens is 3. The molecule has 0 radical (unpaired) electrons. The van der Waals surface area contributed by atoms with Crippen LogP contribution in [0.2, 0.25) is 0 Å². The van der Waals surface area contributed by atoms with Crippen LogP contribution < -0.4 is 5.32 Å². The lowest BCUT2D eigenvalue weighted by Gasteiger charge is -2.35. The maximum Gasteiger partial charge on any atom is 0.180 e. The van der Waals surface area contributed by atoms with E-state index in [2.05, 4.69) is 34.1 Å². The fraction of sp³-hybridized carbons (Fsp3) is 0.562. The molecule has 106 valence electrons. The maximum absolute atomic E-state index is 4.58. The summed E-state index contributed by atoms with van der Waals surface area (Å²) in [5, 5.41) is 3.63. The first kappa shape index (κ1) is 13.3. The van der Waals surface area contributed by atoms with Crippen molar-refractivity contribution in [3.05, 3.63) is 24.5 Å². The van der Waals surface area contributed by atoms with Gasteiger partial charge in [-0.2, -0.15) is 0 Å². The Kier molecular flexibility index (Phi) is 3.81. The summed E-state index contributed by atoms with van der Waals surface area (Å²) >= 11 is 0. The van der Waals surface area contributed by atoms with Gasteiger partial charge in [-0.15, -0.1) is 0 Å². The molecule has 2 atom stereocenters. The second-order valence-electron chi connectivity index (χ2n) is 6.04. The normalized spacial score (nSPS) is 23.1. The zero-order valence-corrected chi connectivity index (χ0v) is 12.2. The number of pyridine rings is 1. The summed E-state index contributed by atoms with van der Waals surface area (Å²) in [6.07, 6.45) is 8.63. The minimum absolute atomic E-state index is 0.533. The Bertz CT molecular complexity index is 581. The van der Waals surface area contributed by atoms with Crippen LogP contribution in [0.25, 0.3) is 11.2 Å². The van der Waals surface area contributed by atoms with Gasteiger partial charge in [-0.3, -0.25) is 4.98 Å². The zero-order valence-electron chi connectivity index (χ0n) is 12.2. The van der Waals surface area contributed by atoms with E-state index in [1.54, 1.807) is 12.4 Å². The Morgan fingerprint density at radius 2 is 1.90 bits per heavy atom. The minimum atomic E-state index is 0.533. The van der Waals surface area contributed by atoms with E-state index in [4.69, 9.17) is 0 Å². The minimum Gasteiger partial charge on any atom is -0.367 e. The summed E-state index contributed by atoms with van der Waals surface area (Å²) in [5.74, 6) is 2.38. The van der Waals surface area contributed by atoms with E-state index in [0.29, 0.717) is 12.0 Å².